The van der Waals surface area contributed by atoms with Crippen molar-refractivity contribution in [2.24, 2.45) is 11.8 Å². The molecule has 0 radical (unpaired) electrons. The van der Waals surface area contributed by atoms with E-state index < -0.39 is 12.1 Å². The van der Waals surface area contributed by atoms with Gasteiger partial charge in [-0.1, -0.05) is 11.6 Å². The van der Waals surface area contributed by atoms with E-state index in [9.17, 15) is 22.8 Å². The fraction of sp³-hybridized carbons (Fsp3) is 0.619. The molecule has 9 heteroatoms. The highest BCUT2D eigenvalue weighted by atomic mass is 35.5. The number of halogens is 4. The minimum Gasteiger partial charge on any atom is -0.490 e. The van der Waals surface area contributed by atoms with Crippen molar-refractivity contribution in [2.45, 2.75) is 44.4 Å². The summed E-state index contributed by atoms with van der Waals surface area (Å²) >= 11 is 6.21. The predicted molar refractivity (Wildman–Crippen MR) is 107 cm³/mol. The van der Waals surface area contributed by atoms with E-state index in [1.165, 1.54) is 4.90 Å². The molecule has 2 aliphatic rings. The van der Waals surface area contributed by atoms with Gasteiger partial charge in [0.2, 0.25) is 0 Å². The molecule has 0 spiro atoms. The average Bonchev–Trinajstić information content (AvgIpc) is 2.65. The summed E-state index contributed by atoms with van der Waals surface area (Å²) in [4.78, 5) is 25.7. The number of likely N-dealkylation sites (tertiary alicyclic amines) is 1. The first-order valence-corrected chi connectivity index (χ1v) is 10.5. The largest absolute Gasteiger partial charge is 0.490 e. The van der Waals surface area contributed by atoms with Gasteiger partial charge in [-0.25, -0.2) is 0 Å². The topological polar surface area (TPSA) is 49.9 Å². The quantitative estimate of drug-likeness (QED) is 0.674. The van der Waals surface area contributed by atoms with Crippen LogP contribution in [-0.4, -0.2) is 61.1 Å². The molecule has 5 nitrogen and oxygen atoms in total. The minimum absolute atomic E-state index is 0.0772. The highest BCUT2D eigenvalue weighted by Gasteiger charge is 2.43. The first-order valence-electron chi connectivity index (χ1n) is 10.1. The van der Waals surface area contributed by atoms with Gasteiger partial charge in [-0.2, -0.15) is 13.2 Å². The standard InChI is InChI=1S/C21H26ClF3N2O3/c1-26(2)19(28)17-4-3-15(12-18(17)22)30-16-10-14(11-16)9-13-5-7-27(8-6-13)20(29)21(23,24)25/h3-4,12-14,16H,5-11H2,1-2H3/t14-,16+. The second-order valence-corrected chi connectivity index (χ2v) is 8.79. The molecule has 2 fully saturated rings. The number of hydrogen-bond donors (Lipinski definition) is 0. The number of rotatable bonds is 5. The summed E-state index contributed by atoms with van der Waals surface area (Å²) in [7, 11) is 3.32. The zero-order valence-corrected chi connectivity index (χ0v) is 17.8. The Morgan fingerprint density at radius 2 is 1.80 bits per heavy atom. The second-order valence-electron chi connectivity index (χ2n) is 8.39. The third kappa shape index (κ3) is 5.39. The van der Waals surface area contributed by atoms with Crippen molar-refractivity contribution in [3.05, 3.63) is 28.8 Å². The van der Waals surface area contributed by atoms with Crippen LogP contribution >= 0.6 is 11.6 Å². The van der Waals surface area contributed by atoms with E-state index in [0.717, 1.165) is 24.2 Å². The number of alkyl halides is 3. The van der Waals surface area contributed by atoms with Crippen molar-refractivity contribution in [3.8, 4) is 5.75 Å². The zero-order chi connectivity index (χ0) is 22.1. The molecule has 1 heterocycles. The minimum atomic E-state index is -4.79. The Morgan fingerprint density at radius 1 is 1.17 bits per heavy atom. The van der Waals surface area contributed by atoms with Crippen LogP contribution in [0.1, 0.15) is 42.5 Å². The van der Waals surface area contributed by atoms with Gasteiger partial charge in [0.1, 0.15) is 5.75 Å². The maximum atomic E-state index is 12.5. The molecule has 0 aromatic heterocycles. The van der Waals surface area contributed by atoms with Crippen molar-refractivity contribution in [3.63, 3.8) is 0 Å². The van der Waals surface area contributed by atoms with Gasteiger partial charge in [0, 0.05) is 27.2 Å². The summed E-state index contributed by atoms with van der Waals surface area (Å²) < 4.78 is 43.5. The molecule has 0 unspecified atom stereocenters. The average molecular weight is 447 g/mol. The van der Waals surface area contributed by atoms with Crippen LogP contribution in [0.15, 0.2) is 18.2 Å². The number of benzene rings is 1. The SMILES string of the molecule is CN(C)C(=O)c1ccc(O[C@H]2C[C@@H](CC3CCN(C(=O)C(F)(F)F)CC3)C2)cc1Cl. The Hall–Kier alpha value is -1.96. The highest BCUT2D eigenvalue weighted by Crippen LogP contribution is 2.39. The predicted octanol–water partition coefficient (Wildman–Crippen LogP) is 4.39. The number of hydrogen-bond acceptors (Lipinski definition) is 3. The molecule has 1 aliphatic carbocycles. The molecular formula is C21H26ClF3N2O3. The molecule has 1 aromatic rings. The molecule has 1 saturated heterocycles. The monoisotopic (exact) mass is 446 g/mol. The molecule has 1 aliphatic heterocycles. The lowest BCUT2D eigenvalue weighted by Gasteiger charge is -2.39. The fourth-order valence-electron chi connectivity index (χ4n) is 4.16. The number of ether oxygens (including phenoxy) is 1. The Bertz CT molecular complexity index is 786. The Labute approximate surface area is 179 Å². The summed E-state index contributed by atoms with van der Waals surface area (Å²) in [5, 5.41) is 0.349. The van der Waals surface area contributed by atoms with E-state index in [1.807, 2.05) is 0 Å². The van der Waals surface area contributed by atoms with Crippen LogP contribution in [0, 0.1) is 11.8 Å². The molecule has 0 N–H and O–H groups in total. The van der Waals surface area contributed by atoms with Crippen LogP contribution in [0.2, 0.25) is 5.02 Å². The van der Waals surface area contributed by atoms with Crippen molar-refractivity contribution in [1.82, 2.24) is 9.80 Å². The lowest BCUT2D eigenvalue weighted by Crippen LogP contribution is -2.46. The number of piperidine rings is 1. The molecule has 0 bridgehead atoms. The number of amides is 2. The molecule has 2 amide bonds. The van der Waals surface area contributed by atoms with Gasteiger partial charge in [-0.05, 0) is 62.1 Å². The van der Waals surface area contributed by atoms with Crippen molar-refractivity contribution in [2.75, 3.05) is 27.2 Å². The molecule has 1 saturated carbocycles. The van der Waals surface area contributed by atoms with Crippen molar-refractivity contribution >= 4 is 23.4 Å². The van der Waals surface area contributed by atoms with E-state index in [1.54, 1.807) is 32.3 Å². The van der Waals surface area contributed by atoms with Crippen LogP contribution < -0.4 is 4.74 Å². The van der Waals surface area contributed by atoms with Crippen molar-refractivity contribution in [1.29, 1.82) is 0 Å². The second kappa shape index (κ2) is 9.04. The first kappa shape index (κ1) is 22.7. The van der Waals surface area contributed by atoms with E-state index >= 15 is 0 Å². The third-order valence-corrected chi connectivity index (χ3v) is 6.20. The highest BCUT2D eigenvalue weighted by molar-refractivity contribution is 6.34. The lowest BCUT2D eigenvalue weighted by molar-refractivity contribution is -0.186. The van der Waals surface area contributed by atoms with Crippen molar-refractivity contribution < 1.29 is 27.5 Å². The molecular weight excluding hydrogens is 421 g/mol. The summed E-state index contributed by atoms with van der Waals surface area (Å²) in [5.41, 5.74) is 0.427. The van der Waals surface area contributed by atoms with Gasteiger partial charge in [0.05, 0.1) is 16.7 Å². The Kier molecular flexibility index (Phi) is 6.84. The van der Waals surface area contributed by atoms with Gasteiger partial charge in [0.15, 0.2) is 0 Å². The normalized spacial score (nSPS) is 22.4. The van der Waals surface area contributed by atoms with Gasteiger partial charge in [0.25, 0.3) is 5.91 Å². The smallest absolute Gasteiger partial charge is 0.471 e. The summed E-state index contributed by atoms with van der Waals surface area (Å²) in [6.07, 6.45) is -0.762. The molecule has 166 valence electrons. The Morgan fingerprint density at radius 3 is 2.33 bits per heavy atom. The van der Waals surface area contributed by atoms with Gasteiger partial charge in [-0.3, -0.25) is 9.59 Å². The van der Waals surface area contributed by atoms with Gasteiger partial charge >= 0.3 is 12.1 Å². The van der Waals surface area contributed by atoms with E-state index in [4.69, 9.17) is 16.3 Å². The fourth-order valence-corrected chi connectivity index (χ4v) is 4.41. The van der Waals surface area contributed by atoms with Crippen LogP contribution in [0.25, 0.3) is 0 Å². The van der Waals surface area contributed by atoms with E-state index in [2.05, 4.69) is 0 Å². The molecule has 3 rings (SSSR count). The zero-order valence-electron chi connectivity index (χ0n) is 17.0. The van der Waals surface area contributed by atoms with Crippen LogP contribution in [0.4, 0.5) is 13.2 Å². The number of nitrogens with zero attached hydrogens (tertiary/aromatic N) is 2. The first-order chi connectivity index (χ1) is 14.0. The summed E-state index contributed by atoms with van der Waals surface area (Å²) in [5.74, 6) is -0.445. The Balaban J connectivity index is 1.41. The van der Waals surface area contributed by atoms with Gasteiger partial charge < -0.3 is 14.5 Å². The van der Waals surface area contributed by atoms with Crippen LogP contribution in [0.3, 0.4) is 0 Å². The van der Waals surface area contributed by atoms with Gasteiger partial charge in [-0.15, -0.1) is 0 Å². The summed E-state index contributed by atoms with van der Waals surface area (Å²) in [6.45, 7) is 0.346. The molecule has 1 aromatic carbocycles. The maximum absolute atomic E-state index is 12.5. The summed E-state index contributed by atoms with van der Waals surface area (Å²) in [6, 6.07) is 5.05. The third-order valence-electron chi connectivity index (χ3n) is 5.88. The molecule has 0 atom stereocenters. The maximum Gasteiger partial charge on any atom is 0.471 e. The number of carbonyl (C=O) groups is 2. The lowest BCUT2D eigenvalue weighted by atomic mass is 9.74. The van der Waals surface area contributed by atoms with Crippen LogP contribution in [0.5, 0.6) is 5.75 Å². The number of carbonyl (C=O) groups excluding carboxylic acids is 2. The van der Waals surface area contributed by atoms with E-state index in [-0.39, 0.29) is 25.1 Å². The van der Waals surface area contributed by atoms with E-state index in [0.29, 0.717) is 41.0 Å². The van der Waals surface area contributed by atoms with Crippen LogP contribution in [-0.2, 0) is 4.79 Å². The molecule has 30 heavy (non-hydrogen) atoms.